The molecule has 0 spiro atoms. The van der Waals surface area contributed by atoms with Gasteiger partial charge in [-0.3, -0.25) is 15.6 Å². The van der Waals surface area contributed by atoms with Crippen molar-refractivity contribution in [1.82, 2.24) is 20.8 Å². The Morgan fingerprint density at radius 3 is 2.34 bits per heavy atom. The number of hydrogen-bond donors (Lipinski definition) is 3. The Hall–Kier alpha value is -3.84. The molecular weight excluding hydrogens is 382 g/mol. The van der Waals surface area contributed by atoms with Crippen molar-refractivity contribution >= 4 is 40.0 Å². The Kier molecular flexibility index (Phi) is 5.40. The van der Waals surface area contributed by atoms with Gasteiger partial charge in [0.1, 0.15) is 0 Å². The third-order valence-electron chi connectivity index (χ3n) is 4.20. The number of amides is 1. The van der Waals surface area contributed by atoms with E-state index in [2.05, 4.69) is 26.1 Å². The Morgan fingerprint density at radius 1 is 0.862 bits per heavy atom. The van der Waals surface area contributed by atoms with Gasteiger partial charge in [0, 0.05) is 22.8 Å². The minimum Gasteiger partial charge on any atom is -0.331 e. The maximum atomic E-state index is 12.9. The summed E-state index contributed by atoms with van der Waals surface area (Å²) in [4.78, 5) is 21.8. The Morgan fingerprint density at radius 2 is 1.59 bits per heavy atom. The number of benzene rings is 2. The van der Waals surface area contributed by atoms with E-state index >= 15 is 0 Å². The van der Waals surface area contributed by atoms with Gasteiger partial charge >= 0.3 is 0 Å². The summed E-state index contributed by atoms with van der Waals surface area (Å²) in [5.74, 6) is -0.348. The first-order chi connectivity index (χ1) is 14.2. The van der Waals surface area contributed by atoms with Crippen molar-refractivity contribution in [2.45, 2.75) is 0 Å². The van der Waals surface area contributed by atoms with Gasteiger partial charge in [-0.25, -0.2) is 9.97 Å². The molecule has 0 bridgehead atoms. The number of carbonyl (C=O) groups excluding carboxylic acids is 1. The van der Waals surface area contributed by atoms with Crippen LogP contribution in [0.4, 0.5) is 5.69 Å². The summed E-state index contributed by atoms with van der Waals surface area (Å²) in [6.45, 7) is 0. The van der Waals surface area contributed by atoms with Crippen molar-refractivity contribution in [3.63, 3.8) is 0 Å². The average molecular weight is 399 g/mol. The normalized spacial score (nSPS) is 10.3. The molecule has 0 unspecified atom stereocenters. The number of hydrazine groups is 1. The molecule has 3 N–H and O–H groups in total. The topological polar surface area (TPSA) is 78.9 Å². The predicted octanol–water partition coefficient (Wildman–Crippen LogP) is 3.93. The number of nitrogens with zero attached hydrogens (tertiary/aromatic N) is 2. The van der Waals surface area contributed by atoms with Gasteiger partial charge in [0.2, 0.25) is 0 Å². The molecule has 4 aromatic rings. The molecule has 0 aliphatic heterocycles. The van der Waals surface area contributed by atoms with E-state index in [1.165, 1.54) is 0 Å². The van der Waals surface area contributed by atoms with Crippen LogP contribution >= 0.6 is 12.2 Å². The number of pyridine rings is 2. The third-order valence-corrected chi connectivity index (χ3v) is 4.41. The van der Waals surface area contributed by atoms with E-state index in [1.807, 2.05) is 72.8 Å². The van der Waals surface area contributed by atoms with Crippen LogP contribution in [0.25, 0.3) is 22.3 Å². The van der Waals surface area contributed by atoms with Crippen LogP contribution in [0.2, 0.25) is 0 Å². The highest BCUT2D eigenvalue weighted by atomic mass is 32.1. The van der Waals surface area contributed by atoms with Crippen molar-refractivity contribution in [3.8, 4) is 11.3 Å². The third kappa shape index (κ3) is 4.36. The number of fused-ring (bicyclic) bond motifs is 1. The van der Waals surface area contributed by atoms with Crippen molar-refractivity contribution < 1.29 is 4.79 Å². The van der Waals surface area contributed by atoms with E-state index in [0.29, 0.717) is 16.9 Å². The Labute approximate surface area is 173 Å². The van der Waals surface area contributed by atoms with Crippen LogP contribution < -0.4 is 16.2 Å². The largest absolute Gasteiger partial charge is 0.331 e. The predicted molar refractivity (Wildman–Crippen MR) is 118 cm³/mol. The minimum atomic E-state index is -0.348. The lowest BCUT2D eigenvalue weighted by atomic mass is 10.0. The number of nitrogens with one attached hydrogen (secondary N) is 3. The van der Waals surface area contributed by atoms with Gasteiger partial charge < -0.3 is 5.32 Å². The molecule has 0 aliphatic carbocycles. The maximum Gasteiger partial charge on any atom is 0.271 e. The van der Waals surface area contributed by atoms with Crippen LogP contribution in [0.3, 0.4) is 0 Å². The maximum absolute atomic E-state index is 12.9. The number of rotatable bonds is 3. The fraction of sp³-hybridized carbons (Fsp3) is 0. The van der Waals surface area contributed by atoms with Gasteiger partial charge in [0.05, 0.1) is 11.3 Å². The zero-order valence-electron chi connectivity index (χ0n) is 15.3. The molecule has 142 valence electrons. The van der Waals surface area contributed by atoms with E-state index in [0.717, 1.165) is 16.6 Å². The molecule has 0 saturated carbocycles. The van der Waals surface area contributed by atoms with E-state index in [1.54, 1.807) is 12.3 Å². The van der Waals surface area contributed by atoms with Crippen LogP contribution in [0.1, 0.15) is 10.4 Å². The minimum absolute atomic E-state index is 0.279. The molecule has 2 heterocycles. The summed E-state index contributed by atoms with van der Waals surface area (Å²) in [6.07, 6.45) is 1.68. The van der Waals surface area contributed by atoms with Crippen LogP contribution in [-0.4, -0.2) is 21.0 Å². The highest BCUT2D eigenvalue weighted by Crippen LogP contribution is 2.24. The summed E-state index contributed by atoms with van der Waals surface area (Å²) >= 11 is 5.25. The van der Waals surface area contributed by atoms with E-state index in [-0.39, 0.29) is 11.0 Å². The summed E-state index contributed by atoms with van der Waals surface area (Å²) < 4.78 is 0. The second-order valence-corrected chi connectivity index (χ2v) is 6.61. The standard InChI is InChI=1S/C22H17N5OS/c28-21(26-27-22(29)24-17-11-5-2-6-12-17)18-14-16-10-7-13-23-20(16)25-19(18)15-8-3-1-4-9-15/h1-14H,(H,26,28)(H2,24,27,29). The molecule has 0 radical (unpaired) electrons. The molecule has 4 rings (SSSR count). The average Bonchev–Trinajstić information content (AvgIpc) is 2.78. The number of thiocarbonyl (C=S) groups is 1. The van der Waals surface area contributed by atoms with Gasteiger partial charge in [0.15, 0.2) is 10.8 Å². The fourth-order valence-electron chi connectivity index (χ4n) is 2.86. The van der Waals surface area contributed by atoms with Gasteiger partial charge in [-0.1, -0.05) is 48.5 Å². The molecular formula is C22H17N5OS. The van der Waals surface area contributed by atoms with E-state index in [4.69, 9.17) is 12.2 Å². The quantitative estimate of drug-likeness (QED) is 0.358. The summed E-state index contributed by atoms with van der Waals surface area (Å²) in [5, 5.41) is 4.06. The zero-order valence-corrected chi connectivity index (χ0v) is 16.1. The SMILES string of the molecule is O=C(NNC(=S)Nc1ccccc1)c1cc2cccnc2nc1-c1ccccc1. The van der Waals surface area contributed by atoms with Gasteiger partial charge in [-0.05, 0) is 42.5 Å². The number of para-hydroxylation sites is 1. The Bertz CT molecular complexity index is 1170. The summed E-state index contributed by atoms with van der Waals surface area (Å²) in [6, 6.07) is 24.4. The molecule has 29 heavy (non-hydrogen) atoms. The Balaban J connectivity index is 1.58. The molecule has 6 nitrogen and oxygen atoms in total. The van der Waals surface area contributed by atoms with Gasteiger partial charge in [-0.15, -0.1) is 0 Å². The lowest BCUT2D eigenvalue weighted by molar-refractivity contribution is 0.0944. The van der Waals surface area contributed by atoms with Crippen LogP contribution in [-0.2, 0) is 0 Å². The smallest absolute Gasteiger partial charge is 0.271 e. The number of anilines is 1. The van der Waals surface area contributed by atoms with E-state index < -0.39 is 0 Å². The molecule has 2 aromatic heterocycles. The second kappa shape index (κ2) is 8.45. The van der Waals surface area contributed by atoms with Crippen LogP contribution in [0.5, 0.6) is 0 Å². The summed E-state index contributed by atoms with van der Waals surface area (Å²) in [5.41, 5.74) is 8.58. The first-order valence-electron chi connectivity index (χ1n) is 8.94. The van der Waals surface area contributed by atoms with Gasteiger partial charge in [-0.2, -0.15) is 0 Å². The van der Waals surface area contributed by atoms with Crippen molar-refractivity contribution in [1.29, 1.82) is 0 Å². The first-order valence-corrected chi connectivity index (χ1v) is 9.35. The van der Waals surface area contributed by atoms with Crippen LogP contribution in [0, 0.1) is 0 Å². The summed E-state index contributed by atoms with van der Waals surface area (Å²) in [7, 11) is 0. The molecule has 0 atom stereocenters. The number of aromatic nitrogens is 2. The first kappa shape index (κ1) is 18.5. The van der Waals surface area contributed by atoms with Crippen molar-refractivity contribution in [3.05, 3.63) is 90.6 Å². The zero-order chi connectivity index (χ0) is 20.1. The van der Waals surface area contributed by atoms with Crippen molar-refractivity contribution in [2.24, 2.45) is 0 Å². The molecule has 2 aromatic carbocycles. The lowest BCUT2D eigenvalue weighted by Crippen LogP contribution is -2.44. The number of hydrogen-bond acceptors (Lipinski definition) is 4. The lowest BCUT2D eigenvalue weighted by Gasteiger charge is -2.14. The monoisotopic (exact) mass is 399 g/mol. The van der Waals surface area contributed by atoms with Gasteiger partial charge in [0.25, 0.3) is 5.91 Å². The molecule has 7 heteroatoms. The van der Waals surface area contributed by atoms with E-state index in [9.17, 15) is 4.79 Å². The van der Waals surface area contributed by atoms with Crippen LogP contribution in [0.15, 0.2) is 85.1 Å². The molecule has 1 amide bonds. The molecule has 0 fully saturated rings. The molecule has 0 saturated heterocycles. The fourth-order valence-corrected chi connectivity index (χ4v) is 3.03. The molecule has 0 aliphatic rings. The number of carbonyl (C=O) groups is 1. The highest BCUT2D eigenvalue weighted by Gasteiger charge is 2.16. The second-order valence-electron chi connectivity index (χ2n) is 6.20. The highest BCUT2D eigenvalue weighted by molar-refractivity contribution is 7.80. The van der Waals surface area contributed by atoms with Crippen molar-refractivity contribution in [2.75, 3.05) is 5.32 Å².